The Morgan fingerprint density at radius 2 is 1.94 bits per heavy atom. The van der Waals surface area contributed by atoms with Crippen molar-refractivity contribution in [3.63, 3.8) is 0 Å². The van der Waals surface area contributed by atoms with E-state index in [-0.39, 0.29) is 11.5 Å². The van der Waals surface area contributed by atoms with Gasteiger partial charge in [-0.05, 0) is 31.7 Å². The van der Waals surface area contributed by atoms with Crippen LogP contribution in [0.15, 0.2) is 18.2 Å². The molecule has 1 atom stereocenters. The molecule has 2 rings (SSSR count). The topological polar surface area (TPSA) is 29.5 Å². The van der Waals surface area contributed by atoms with Gasteiger partial charge in [0, 0.05) is 18.8 Å². The van der Waals surface area contributed by atoms with Crippen LogP contribution in [0.3, 0.4) is 0 Å². The Morgan fingerprint density at radius 3 is 2.59 bits per heavy atom. The van der Waals surface area contributed by atoms with E-state index in [1.165, 1.54) is 12.1 Å². The van der Waals surface area contributed by atoms with Crippen LogP contribution in [-0.2, 0) is 10.3 Å². The second-order valence-corrected chi connectivity index (χ2v) is 4.64. The summed E-state index contributed by atoms with van der Waals surface area (Å²) in [5.74, 6) is -1.98. The van der Waals surface area contributed by atoms with E-state index < -0.39 is 17.2 Å². The van der Waals surface area contributed by atoms with Crippen LogP contribution in [0.5, 0.6) is 0 Å². The predicted octanol–water partition coefficient (Wildman–Crippen LogP) is 2.60. The van der Waals surface area contributed by atoms with Crippen LogP contribution < -0.4 is 0 Å². The summed E-state index contributed by atoms with van der Waals surface area (Å²) in [6.45, 7) is 2.65. The van der Waals surface area contributed by atoms with E-state index in [0.717, 1.165) is 6.07 Å². The molecule has 0 amide bonds. The molecule has 1 fully saturated rings. The number of hydrogen-bond acceptors (Lipinski definition) is 2. The van der Waals surface area contributed by atoms with Gasteiger partial charge in [-0.25, -0.2) is 8.78 Å². The summed E-state index contributed by atoms with van der Waals surface area (Å²) in [5, 5.41) is 10.5. The minimum absolute atomic E-state index is 0.0319. The first-order valence-corrected chi connectivity index (χ1v) is 5.78. The molecule has 1 aliphatic rings. The standard InChI is InChI=1S/C13H16F2O2/c1-13(16,9-5-7-17-8-6-9)10-3-2-4-11(14)12(10)15/h2-4,9,16H,5-8H2,1H3. The Balaban J connectivity index is 2.32. The minimum Gasteiger partial charge on any atom is -0.385 e. The smallest absolute Gasteiger partial charge is 0.164 e. The predicted molar refractivity (Wildman–Crippen MR) is 59.5 cm³/mol. The zero-order chi connectivity index (χ0) is 12.5. The summed E-state index contributed by atoms with van der Waals surface area (Å²) in [5.41, 5.74) is -1.32. The lowest BCUT2D eigenvalue weighted by Crippen LogP contribution is -2.36. The average Bonchev–Trinajstić information content (AvgIpc) is 2.33. The second-order valence-electron chi connectivity index (χ2n) is 4.64. The molecule has 2 nitrogen and oxygen atoms in total. The van der Waals surface area contributed by atoms with E-state index in [2.05, 4.69) is 0 Å². The number of hydrogen-bond donors (Lipinski definition) is 1. The van der Waals surface area contributed by atoms with Gasteiger partial charge in [-0.1, -0.05) is 12.1 Å². The molecule has 1 aromatic rings. The number of ether oxygens (including phenoxy) is 1. The molecule has 0 aromatic heterocycles. The summed E-state index contributed by atoms with van der Waals surface area (Å²) >= 11 is 0. The third kappa shape index (κ3) is 2.33. The maximum atomic E-state index is 13.7. The molecule has 1 saturated heterocycles. The molecule has 1 aliphatic heterocycles. The van der Waals surface area contributed by atoms with Crippen molar-refractivity contribution in [3.8, 4) is 0 Å². The number of benzene rings is 1. The molecule has 17 heavy (non-hydrogen) atoms. The molecule has 1 aromatic carbocycles. The zero-order valence-electron chi connectivity index (χ0n) is 9.75. The highest BCUT2D eigenvalue weighted by molar-refractivity contribution is 5.25. The lowest BCUT2D eigenvalue weighted by atomic mass is 9.78. The largest absolute Gasteiger partial charge is 0.385 e. The third-order valence-corrected chi connectivity index (χ3v) is 3.51. The first-order chi connectivity index (χ1) is 8.03. The van der Waals surface area contributed by atoms with Crippen LogP contribution >= 0.6 is 0 Å². The third-order valence-electron chi connectivity index (χ3n) is 3.51. The highest BCUT2D eigenvalue weighted by Crippen LogP contribution is 2.37. The monoisotopic (exact) mass is 242 g/mol. The fourth-order valence-electron chi connectivity index (χ4n) is 2.37. The van der Waals surface area contributed by atoms with Gasteiger partial charge in [0.25, 0.3) is 0 Å². The Labute approximate surface area is 99.2 Å². The van der Waals surface area contributed by atoms with Gasteiger partial charge < -0.3 is 9.84 Å². The molecule has 0 saturated carbocycles. The van der Waals surface area contributed by atoms with E-state index in [1.807, 2.05) is 0 Å². The molecule has 1 N–H and O–H groups in total. The SMILES string of the molecule is CC(O)(c1cccc(F)c1F)C1CCOCC1. The summed E-state index contributed by atoms with van der Waals surface area (Å²) in [6.07, 6.45) is 1.31. The molecule has 1 unspecified atom stereocenters. The number of rotatable bonds is 2. The van der Waals surface area contributed by atoms with Crippen molar-refractivity contribution in [1.29, 1.82) is 0 Å². The van der Waals surface area contributed by atoms with Crippen molar-refractivity contribution in [3.05, 3.63) is 35.4 Å². The van der Waals surface area contributed by atoms with Gasteiger partial charge in [0.2, 0.25) is 0 Å². The van der Waals surface area contributed by atoms with Gasteiger partial charge in [0.05, 0.1) is 5.60 Å². The zero-order valence-corrected chi connectivity index (χ0v) is 9.75. The second kappa shape index (κ2) is 4.70. The van der Waals surface area contributed by atoms with Gasteiger partial charge in [0.1, 0.15) is 0 Å². The fourth-order valence-corrected chi connectivity index (χ4v) is 2.37. The van der Waals surface area contributed by atoms with Gasteiger partial charge in [-0.15, -0.1) is 0 Å². The molecule has 0 radical (unpaired) electrons. The fraction of sp³-hybridized carbons (Fsp3) is 0.538. The van der Waals surface area contributed by atoms with Crippen LogP contribution in [0, 0.1) is 17.6 Å². The summed E-state index contributed by atoms with van der Waals surface area (Å²) < 4.78 is 32.1. The maximum absolute atomic E-state index is 13.7. The maximum Gasteiger partial charge on any atom is 0.164 e. The first-order valence-electron chi connectivity index (χ1n) is 5.78. The van der Waals surface area contributed by atoms with Gasteiger partial charge >= 0.3 is 0 Å². The van der Waals surface area contributed by atoms with E-state index in [9.17, 15) is 13.9 Å². The van der Waals surface area contributed by atoms with Crippen LogP contribution in [0.4, 0.5) is 8.78 Å². The van der Waals surface area contributed by atoms with Gasteiger partial charge in [-0.3, -0.25) is 0 Å². The Morgan fingerprint density at radius 1 is 1.29 bits per heavy atom. The molecule has 94 valence electrons. The molecule has 0 bridgehead atoms. The lowest BCUT2D eigenvalue weighted by Gasteiger charge is -2.36. The molecular formula is C13H16F2O2. The van der Waals surface area contributed by atoms with Crippen LogP contribution in [-0.4, -0.2) is 18.3 Å². The lowest BCUT2D eigenvalue weighted by molar-refractivity contribution is -0.0601. The Hall–Kier alpha value is -1.00. The van der Waals surface area contributed by atoms with Crippen molar-refractivity contribution in [2.75, 3.05) is 13.2 Å². The van der Waals surface area contributed by atoms with Gasteiger partial charge in [0.15, 0.2) is 11.6 Å². The van der Waals surface area contributed by atoms with E-state index in [4.69, 9.17) is 4.74 Å². The van der Waals surface area contributed by atoms with Crippen LogP contribution in [0.25, 0.3) is 0 Å². The number of halogens is 2. The quantitative estimate of drug-likeness (QED) is 0.863. The van der Waals surface area contributed by atoms with Gasteiger partial charge in [-0.2, -0.15) is 0 Å². The molecule has 4 heteroatoms. The summed E-state index contributed by atoms with van der Waals surface area (Å²) in [6, 6.07) is 3.91. The van der Waals surface area contributed by atoms with Crippen LogP contribution in [0.1, 0.15) is 25.3 Å². The minimum atomic E-state index is -1.35. The van der Waals surface area contributed by atoms with Crippen molar-refractivity contribution in [2.45, 2.75) is 25.4 Å². The highest BCUT2D eigenvalue weighted by Gasteiger charge is 2.37. The first kappa shape index (κ1) is 12.5. The van der Waals surface area contributed by atoms with E-state index >= 15 is 0 Å². The molecule has 1 heterocycles. The average molecular weight is 242 g/mol. The molecule has 0 spiro atoms. The van der Waals surface area contributed by atoms with Crippen molar-refractivity contribution < 1.29 is 18.6 Å². The van der Waals surface area contributed by atoms with Crippen molar-refractivity contribution in [2.24, 2.45) is 5.92 Å². The highest BCUT2D eigenvalue weighted by atomic mass is 19.2. The normalized spacial score (nSPS) is 21.2. The molecular weight excluding hydrogens is 226 g/mol. The van der Waals surface area contributed by atoms with E-state index in [0.29, 0.717) is 26.1 Å². The van der Waals surface area contributed by atoms with Crippen LogP contribution in [0.2, 0.25) is 0 Å². The van der Waals surface area contributed by atoms with Crippen molar-refractivity contribution >= 4 is 0 Å². The summed E-state index contributed by atoms with van der Waals surface area (Å²) in [4.78, 5) is 0. The Kier molecular flexibility index (Phi) is 3.45. The van der Waals surface area contributed by atoms with Crippen molar-refractivity contribution in [1.82, 2.24) is 0 Å². The number of aliphatic hydroxyl groups is 1. The molecule has 0 aliphatic carbocycles. The Bertz CT molecular complexity index is 398. The summed E-state index contributed by atoms with van der Waals surface area (Å²) in [7, 11) is 0. The van der Waals surface area contributed by atoms with E-state index in [1.54, 1.807) is 6.92 Å².